The number of nitrogens with zero attached hydrogens (tertiary/aromatic N) is 2. The van der Waals surface area contributed by atoms with Crippen LogP contribution in [0.4, 0.5) is 5.69 Å². The molecule has 0 aliphatic carbocycles. The fourth-order valence-corrected chi connectivity index (χ4v) is 6.36. The molecule has 1 heterocycles. The molecule has 2 nitrogen and oxygen atoms in total. The third kappa shape index (κ3) is 3.21. The van der Waals surface area contributed by atoms with E-state index in [4.69, 9.17) is 0 Å². The van der Waals surface area contributed by atoms with Crippen LogP contribution >= 0.6 is 0 Å². The van der Waals surface area contributed by atoms with Crippen LogP contribution in [0.3, 0.4) is 0 Å². The predicted octanol–water partition coefficient (Wildman–Crippen LogP) is 3.14. The van der Waals surface area contributed by atoms with Gasteiger partial charge in [-0.3, -0.25) is 0 Å². The van der Waals surface area contributed by atoms with E-state index in [1.165, 1.54) is 16.5 Å². The van der Waals surface area contributed by atoms with Gasteiger partial charge in [-0.25, -0.2) is 0 Å². The summed E-state index contributed by atoms with van der Waals surface area (Å²) in [5.74, 6) is 0. The number of hydrogen-bond acceptors (Lipinski definition) is 2. The van der Waals surface area contributed by atoms with Gasteiger partial charge in [0.2, 0.25) is 0 Å². The maximum atomic E-state index is 2.56. The standard InChI is InChI=1S/C15H17N2.3CH3.Sn/c1-16-9-11-17(12-10-16)15-8-4-6-13-5-2-3-7-14(13)15;;;;/h2,4-8H,9-12H2,1H3;3*1H3;. The Labute approximate surface area is 132 Å². The Morgan fingerprint density at radius 3 is 2.29 bits per heavy atom. The fourth-order valence-electron chi connectivity index (χ4n) is 3.05. The van der Waals surface area contributed by atoms with E-state index in [1.54, 1.807) is 3.58 Å². The van der Waals surface area contributed by atoms with E-state index in [0.717, 1.165) is 26.2 Å². The molecule has 1 aliphatic heterocycles. The van der Waals surface area contributed by atoms with Gasteiger partial charge in [0.15, 0.2) is 0 Å². The minimum absolute atomic E-state index is 1.14. The molecule has 0 bridgehead atoms. The quantitative estimate of drug-likeness (QED) is 0.729. The van der Waals surface area contributed by atoms with Gasteiger partial charge in [-0.05, 0) is 0 Å². The Hall–Kier alpha value is -0.741. The number of piperazine rings is 1. The molecule has 112 valence electrons. The summed E-state index contributed by atoms with van der Waals surface area (Å²) in [7, 11) is 2.21. The van der Waals surface area contributed by atoms with E-state index >= 15 is 0 Å². The third-order valence-electron chi connectivity index (χ3n) is 4.57. The van der Waals surface area contributed by atoms with Gasteiger partial charge >= 0.3 is 133 Å². The first-order chi connectivity index (χ1) is 9.95. The van der Waals surface area contributed by atoms with E-state index in [9.17, 15) is 0 Å². The molecule has 0 saturated carbocycles. The van der Waals surface area contributed by atoms with Crippen LogP contribution in [0, 0.1) is 0 Å². The van der Waals surface area contributed by atoms with Crippen molar-refractivity contribution in [3.05, 3.63) is 36.4 Å². The van der Waals surface area contributed by atoms with Crippen LogP contribution in [-0.2, 0) is 0 Å². The fraction of sp³-hybridized carbons (Fsp3) is 0.444. The summed E-state index contributed by atoms with van der Waals surface area (Å²) in [4.78, 5) is 12.5. The third-order valence-corrected chi connectivity index (χ3v) is 10.4. The van der Waals surface area contributed by atoms with Crippen LogP contribution in [-0.4, -0.2) is 56.5 Å². The van der Waals surface area contributed by atoms with Crippen molar-refractivity contribution in [2.75, 3.05) is 38.1 Å². The molecule has 3 heteroatoms. The van der Waals surface area contributed by atoms with Gasteiger partial charge in [0.25, 0.3) is 0 Å². The van der Waals surface area contributed by atoms with Crippen LogP contribution in [0.5, 0.6) is 0 Å². The zero-order valence-corrected chi connectivity index (χ0v) is 16.5. The Kier molecular flexibility index (Phi) is 4.19. The SMILES string of the molecule is CN1CCN(c2cccc3cc[c]([Sn]([CH3])([CH3])[CH3])cc23)CC1. The zero-order valence-electron chi connectivity index (χ0n) is 13.7. The average molecular weight is 389 g/mol. The van der Waals surface area contributed by atoms with Crippen molar-refractivity contribution in [1.82, 2.24) is 4.90 Å². The van der Waals surface area contributed by atoms with E-state index in [1.807, 2.05) is 0 Å². The molecule has 0 unspecified atom stereocenters. The molecule has 0 spiro atoms. The monoisotopic (exact) mass is 390 g/mol. The van der Waals surface area contributed by atoms with Gasteiger partial charge in [0, 0.05) is 0 Å². The van der Waals surface area contributed by atoms with Gasteiger partial charge in [-0.1, -0.05) is 0 Å². The van der Waals surface area contributed by atoms with Gasteiger partial charge < -0.3 is 0 Å². The number of likely N-dealkylation sites (N-methyl/N-ethyl adjacent to an activating group) is 1. The topological polar surface area (TPSA) is 6.48 Å². The Morgan fingerprint density at radius 2 is 1.62 bits per heavy atom. The van der Waals surface area contributed by atoms with Gasteiger partial charge in [0.1, 0.15) is 0 Å². The molecular formula is C18H26N2Sn. The summed E-state index contributed by atoms with van der Waals surface area (Å²) < 4.78 is 1.62. The summed E-state index contributed by atoms with van der Waals surface area (Å²) in [6, 6.07) is 13.9. The number of rotatable bonds is 2. The molecule has 1 saturated heterocycles. The van der Waals surface area contributed by atoms with E-state index in [2.05, 4.69) is 68.1 Å². The summed E-state index contributed by atoms with van der Waals surface area (Å²) >= 11 is -2.01. The Balaban J connectivity index is 2.05. The predicted molar refractivity (Wildman–Crippen MR) is 96.6 cm³/mol. The first-order valence-corrected chi connectivity index (χ1v) is 17.9. The maximum absolute atomic E-state index is 2.56. The van der Waals surface area contributed by atoms with Crippen molar-refractivity contribution in [3.63, 3.8) is 0 Å². The van der Waals surface area contributed by atoms with Crippen LogP contribution in [0.2, 0.25) is 14.8 Å². The van der Waals surface area contributed by atoms with Crippen molar-refractivity contribution >= 4 is 38.4 Å². The second kappa shape index (κ2) is 5.80. The van der Waals surface area contributed by atoms with E-state index < -0.39 is 18.4 Å². The molecular weight excluding hydrogens is 363 g/mol. The van der Waals surface area contributed by atoms with Crippen molar-refractivity contribution in [1.29, 1.82) is 0 Å². The molecule has 0 amide bonds. The summed E-state index contributed by atoms with van der Waals surface area (Å²) in [6.45, 7) is 4.60. The molecule has 0 aromatic heterocycles. The van der Waals surface area contributed by atoms with Crippen molar-refractivity contribution in [3.8, 4) is 0 Å². The average Bonchev–Trinajstić information content (AvgIpc) is 2.46. The number of hydrogen-bond donors (Lipinski definition) is 0. The van der Waals surface area contributed by atoms with E-state index in [-0.39, 0.29) is 0 Å². The second-order valence-corrected chi connectivity index (χ2v) is 21.7. The summed E-state index contributed by atoms with van der Waals surface area (Å²) in [5, 5.41) is 2.83. The summed E-state index contributed by atoms with van der Waals surface area (Å²) in [5.41, 5.74) is 1.43. The van der Waals surface area contributed by atoms with Gasteiger partial charge in [-0.15, -0.1) is 0 Å². The number of fused-ring (bicyclic) bond motifs is 1. The van der Waals surface area contributed by atoms with Crippen LogP contribution < -0.4 is 8.48 Å². The zero-order chi connectivity index (χ0) is 15.0. The van der Waals surface area contributed by atoms with Crippen LogP contribution in [0.25, 0.3) is 10.8 Å². The van der Waals surface area contributed by atoms with Gasteiger partial charge in [0.05, 0.1) is 0 Å². The summed E-state index contributed by atoms with van der Waals surface area (Å²) in [6.07, 6.45) is 0. The molecule has 2 aromatic carbocycles. The molecule has 0 radical (unpaired) electrons. The minimum atomic E-state index is -2.01. The van der Waals surface area contributed by atoms with Crippen molar-refractivity contribution < 1.29 is 0 Å². The molecule has 0 N–H and O–H groups in total. The van der Waals surface area contributed by atoms with Gasteiger partial charge in [-0.2, -0.15) is 0 Å². The molecule has 2 aromatic rings. The normalized spacial score (nSPS) is 17.4. The molecule has 1 fully saturated rings. The number of anilines is 1. The van der Waals surface area contributed by atoms with Crippen molar-refractivity contribution in [2.24, 2.45) is 0 Å². The molecule has 3 rings (SSSR count). The first-order valence-electron chi connectivity index (χ1n) is 7.92. The molecule has 0 atom stereocenters. The van der Waals surface area contributed by atoms with Crippen LogP contribution in [0.1, 0.15) is 0 Å². The first kappa shape index (κ1) is 15.2. The van der Waals surface area contributed by atoms with Crippen LogP contribution in [0.15, 0.2) is 36.4 Å². The number of benzene rings is 2. The molecule has 21 heavy (non-hydrogen) atoms. The molecule has 1 aliphatic rings. The van der Waals surface area contributed by atoms with E-state index in [0.29, 0.717) is 0 Å². The Bertz CT molecular complexity index is 637. The second-order valence-electron chi connectivity index (χ2n) is 7.25. The Morgan fingerprint density at radius 1 is 0.905 bits per heavy atom. The van der Waals surface area contributed by atoms with Crippen molar-refractivity contribution in [2.45, 2.75) is 14.8 Å².